The van der Waals surface area contributed by atoms with Gasteiger partial charge in [0.1, 0.15) is 11.9 Å². The fourth-order valence-corrected chi connectivity index (χ4v) is 2.59. The summed E-state index contributed by atoms with van der Waals surface area (Å²) in [6.45, 7) is 4.10. The number of nitrogens with two attached hydrogens (primary N) is 1. The van der Waals surface area contributed by atoms with Gasteiger partial charge in [0.25, 0.3) is 0 Å². The van der Waals surface area contributed by atoms with E-state index < -0.39 is 0 Å². The Morgan fingerprint density at radius 1 is 1.35 bits per heavy atom. The summed E-state index contributed by atoms with van der Waals surface area (Å²) in [7, 11) is 0. The summed E-state index contributed by atoms with van der Waals surface area (Å²) in [5, 5.41) is 0. The standard InChI is InChI=1S/C16H19BrN2O/c1-3-14(18)16(12-5-4-8-19-10-12)20-15-7-6-11(2)9-13(15)17/h4-10,14,16H,3,18H2,1-2H3. The molecule has 1 heterocycles. The van der Waals surface area contributed by atoms with Crippen LogP contribution in [0.1, 0.15) is 30.6 Å². The lowest BCUT2D eigenvalue weighted by Crippen LogP contribution is -2.31. The molecular weight excluding hydrogens is 316 g/mol. The molecule has 1 aromatic heterocycles. The van der Waals surface area contributed by atoms with Crippen molar-refractivity contribution in [2.75, 3.05) is 0 Å². The molecule has 2 rings (SSSR count). The minimum Gasteiger partial charge on any atom is -0.483 e. The number of hydrogen-bond acceptors (Lipinski definition) is 3. The molecule has 0 aliphatic rings. The highest BCUT2D eigenvalue weighted by Gasteiger charge is 2.21. The first-order chi connectivity index (χ1) is 9.61. The zero-order chi connectivity index (χ0) is 14.5. The molecule has 2 aromatic rings. The van der Waals surface area contributed by atoms with Crippen LogP contribution in [-0.4, -0.2) is 11.0 Å². The molecule has 0 radical (unpaired) electrons. The van der Waals surface area contributed by atoms with Gasteiger partial charge in [0.05, 0.1) is 4.47 Å². The Kier molecular flexibility index (Phi) is 5.15. The number of hydrogen-bond donors (Lipinski definition) is 1. The number of aryl methyl sites for hydroxylation is 1. The number of aromatic nitrogens is 1. The molecule has 0 bridgehead atoms. The van der Waals surface area contributed by atoms with Gasteiger partial charge in [-0.15, -0.1) is 0 Å². The van der Waals surface area contributed by atoms with Crippen molar-refractivity contribution in [3.63, 3.8) is 0 Å². The molecular formula is C16H19BrN2O. The number of nitrogens with zero attached hydrogens (tertiary/aromatic N) is 1. The van der Waals surface area contributed by atoms with Crippen LogP contribution in [-0.2, 0) is 0 Å². The summed E-state index contributed by atoms with van der Waals surface area (Å²) in [6, 6.07) is 9.84. The Labute approximate surface area is 128 Å². The number of halogens is 1. The minimum absolute atomic E-state index is 0.0765. The quantitative estimate of drug-likeness (QED) is 0.898. The van der Waals surface area contributed by atoms with Crippen molar-refractivity contribution in [3.8, 4) is 5.75 Å². The fourth-order valence-electron chi connectivity index (χ4n) is 2.00. The Morgan fingerprint density at radius 3 is 2.75 bits per heavy atom. The van der Waals surface area contributed by atoms with Gasteiger partial charge in [0, 0.05) is 24.0 Å². The molecule has 20 heavy (non-hydrogen) atoms. The maximum atomic E-state index is 6.21. The van der Waals surface area contributed by atoms with Gasteiger partial charge in [-0.1, -0.05) is 19.1 Å². The summed E-state index contributed by atoms with van der Waals surface area (Å²) in [4.78, 5) is 4.15. The molecule has 0 spiro atoms. The van der Waals surface area contributed by atoms with Gasteiger partial charge in [0.15, 0.2) is 0 Å². The second-order valence-electron chi connectivity index (χ2n) is 4.83. The summed E-state index contributed by atoms with van der Waals surface area (Å²) in [6.07, 6.45) is 4.19. The Balaban J connectivity index is 2.29. The molecule has 2 atom stereocenters. The molecule has 2 unspecified atom stereocenters. The smallest absolute Gasteiger partial charge is 0.140 e. The lowest BCUT2D eigenvalue weighted by molar-refractivity contribution is 0.169. The third-order valence-electron chi connectivity index (χ3n) is 3.21. The highest BCUT2D eigenvalue weighted by Crippen LogP contribution is 2.31. The van der Waals surface area contributed by atoms with E-state index in [0.29, 0.717) is 0 Å². The molecule has 0 saturated heterocycles. The average Bonchev–Trinajstić information content (AvgIpc) is 2.46. The van der Waals surface area contributed by atoms with Crippen LogP contribution < -0.4 is 10.5 Å². The molecule has 3 nitrogen and oxygen atoms in total. The number of ether oxygens (including phenoxy) is 1. The van der Waals surface area contributed by atoms with Crippen molar-refractivity contribution in [1.29, 1.82) is 0 Å². The average molecular weight is 335 g/mol. The largest absolute Gasteiger partial charge is 0.483 e. The zero-order valence-electron chi connectivity index (χ0n) is 11.7. The van der Waals surface area contributed by atoms with Gasteiger partial charge >= 0.3 is 0 Å². The molecule has 1 aromatic carbocycles. The first-order valence-electron chi connectivity index (χ1n) is 6.70. The van der Waals surface area contributed by atoms with Gasteiger partial charge in [0.2, 0.25) is 0 Å². The molecule has 4 heteroatoms. The van der Waals surface area contributed by atoms with E-state index in [-0.39, 0.29) is 12.1 Å². The van der Waals surface area contributed by atoms with Crippen molar-refractivity contribution in [2.45, 2.75) is 32.4 Å². The van der Waals surface area contributed by atoms with E-state index in [4.69, 9.17) is 10.5 Å². The predicted molar refractivity (Wildman–Crippen MR) is 84.8 cm³/mol. The van der Waals surface area contributed by atoms with Crippen molar-refractivity contribution in [2.24, 2.45) is 5.73 Å². The maximum absolute atomic E-state index is 6.21. The Morgan fingerprint density at radius 2 is 2.15 bits per heavy atom. The van der Waals surface area contributed by atoms with Crippen LogP contribution in [0.4, 0.5) is 0 Å². The van der Waals surface area contributed by atoms with Crippen LogP contribution in [0.25, 0.3) is 0 Å². The van der Waals surface area contributed by atoms with E-state index in [0.717, 1.165) is 22.2 Å². The van der Waals surface area contributed by atoms with Gasteiger partial charge in [-0.05, 0) is 53.0 Å². The van der Waals surface area contributed by atoms with E-state index >= 15 is 0 Å². The van der Waals surface area contributed by atoms with Crippen molar-refractivity contribution < 1.29 is 4.74 Å². The third-order valence-corrected chi connectivity index (χ3v) is 3.83. The van der Waals surface area contributed by atoms with Gasteiger partial charge in [-0.2, -0.15) is 0 Å². The summed E-state index contributed by atoms with van der Waals surface area (Å²) in [5.74, 6) is 0.799. The van der Waals surface area contributed by atoms with Crippen LogP contribution in [0.5, 0.6) is 5.75 Å². The maximum Gasteiger partial charge on any atom is 0.140 e. The molecule has 106 valence electrons. The Bertz CT molecular complexity index is 560. The highest BCUT2D eigenvalue weighted by molar-refractivity contribution is 9.10. The fraction of sp³-hybridized carbons (Fsp3) is 0.312. The minimum atomic E-state index is -0.201. The normalized spacial score (nSPS) is 13.8. The third kappa shape index (κ3) is 3.58. The van der Waals surface area contributed by atoms with Gasteiger partial charge < -0.3 is 10.5 Å². The van der Waals surface area contributed by atoms with Gasteiger partial charge in [-0.25, -0.2) is 0 Å². The molecule has 0 fully saturated rings. The van der Waals surface area contributed by atoms with Crippen LogP contribution >= 0.6 is 15.9 Å². The van der Waals surface area contributed by atoms with E-state index in [9.17, 15) is 0 Å². The second-order valence-corrected chi connectivity index (χ2v) is 5.69. The topological polar surface area (TPSA) is 48.1 Å². The molecule has 0 saturated carbocycles. The second kappa shape index (κ2) is 6.86. The zero-order valence-corrected chi connectivity index (χ0v) is 13.3. The predicted octanol–water partition coefficient (Wildman–Crippen LogP) is 4.01. The molecule has 2 N–H and O–H groups in total. The number of pyridine rings is 1. The van der Waals surface area contributed by atoms with Crippen LogP contribution in [0, 0.1) is 6.92 Å². The van der Waals surface area contributed by atoms with E-state index in [2.05, 4.69) is 27.8 Å². The van der Waals surface area contributed by atoms with Crippen LogP contribution in [0.15, 0.2) is 47.2 Å². The first-order valence-corrected chi connectivity index (χ1v) is 7.49. The molecule has 0 aliphatic heterocycles. The van der Waals surface area contributed by atoms with Crippen LogP contribution in [0.2, 0.25) is 0 Å². The lowest BCUT2D eigenvalue weighted by Gasteiger charge is -2.25. The summed E-state index contributed by atoms with van der Waals surface area (Å²) >= 11 is 3.54. The molecule has 0 aliphatic carbocycles. The summed E-state index contributed by atoms with van der Waals surface area (Å²) in [5.41, 5.74) is 8.39. The number of rotatable bonds is 5. The van der Waals surface area contributed by atoms with Crippen molar-refractivity contribution in [1.82, 2.24) is 4.98 Å². The van der Waals surface area contributed by atoms with Crippen LogP contribution in [0.3, 0.4) is 0 Å². The SMILES string of the molecule is CCC(N)C(Oc1ccc(C)cc1Br)c1cccnc1. The monoisotopic (exact) mass is 334 g/mol. The van der Waals surface area contributed by atoms with E-state index in [1.54, 1.807) is 6.20 Å². The highest BCUT2D eigenvalue weighted by atomic mass is 79.9. The molecule has 0 amide bonds. The van der Waals surface area contributed by atoms with Gasteiger partial charge in [-0.3, -0.25) is 4.98 Å². The van der Waals surface area contributed by atoms with E-state index in [1.165, 1.54) is 5.56 Å². The van der Waals surface area contributed by atoms with Crippen molar-refractivity contribution >= 4 is 15.9 Å². The van der Waals surface area contributed by atoms with Crippen molar-refractivity contribution in [3.05, 3.63) is 58.3 Å². The number of benzene rings is 1. The Hall–Kier alpha value is -1.39. The first kappa shape index (κ1) is 15.0. The summed E-state index contributed by atoms with van der Waals surface area (Å²) < 4.78 is 7.07. The van der Waals surface area contributed by atoms with E-state index in [1.807, 2.05) is 43.5 Å². The lowest BCUT2D eigenvalue weighted by atomic mass is 10.0.